The highest BCUT2D eigenvalue weighted by molar-refractivity contribution is 5.90. The summed E-state index contributed by atoms with van der Waals surface area (Å²) in [6, 6.07) is 14.7. The summed E-state index contributed by atoms with van der Waals surface area (Å²) in [5.74, 6) is 1.94. The number of hydrogen-bond acceptors (Lipinski definition) is 4. The standard InChI is InChI=1S/C18H19N5O2/c1-13-7-9-14(10-8-13)25-16-6-4-3-5-15(16)22-18(24)19-11-17-20-12-21-23(17)2/h3-10,12H,11H2,1-2H3,(H2,19,22,24). The Labute approximate surface area is 145 Å². The van der Waals surface area contributed by atoms with Gasteiger partial charge in [0.15, 0.2) is 5.75 Å². The van der Waals surface area contributed by atoms with Gasteiger partial charge in [-0.1, -0.05) is 29.8 Å². The quantitative estimate of drug-likeness (QED) is 0.749. The summed E-state index contributed by atoms with van der Waals surface area (Å²) in [6.07, 6.45) is 1.44. The van der Waals surface area contributed by atoms with Crippen LogP contribution in [0.1, 0.15) is 11.4 Å². The molecule has 7 heteroatoms. The van der Waals surface area contributed by atoms with Crippen molar-refractivity contribution >= 4 is 11.7 Å². The van der Waals surface area contributed by atoms with Crippen LogP contribution in [0.15, 0.2) is 54.9 Å². The zero-order valence-corrected chi connectivity index (χ0v) is 14.1. The molecule has 0 atom stereocenters. The first-order valence-electron chi connectivity index (χ1n) is 7.83. The Balaban J connectivity index is 1.65. The molecule has 2 amide bonds. The predicted molar refractivity (Wildman–Crippen MR) is 94.6 cm³/mol. The molecule has 0 spiro atoms. The fraction of sp³-hybridized carbons (Fsp3) is 0.167. The molecule has 0 unspecified atom stereocenters. The average Bonchev–Trinajstić information content (AvgIpc) is 3.02. The SMILES string of the molecule is Cc1ccc(Oc2ccccc2NC(=O)NCc2ncnn2C)cc1. The molecule has 1 aromatic heterocycles. The molecule has 3 aromatic rings. The first kappa shape index (κ1) is 16.5. The molecule has 1 heterocycles. The number of amides is 2. The molecule has 0 aliphatic rings. The van der Waals surface area contributed by atoms with Gasteiger partial charge in [-0.15, -0.1) is 0 Å². The van der Waals surface area contributed by atoms with Gasteiger partial charge in [0, 0.05) is 7.05 Å². The van der Waals surface area contributed by atoms with Crippen molar-refractivity contribution in [1.29, 1.82) is 0 Å². The number of carbonyl (C=O) groups excluding carboxylic acids is 1. The van der Waals surface area contributed by atoms with Gasteiger partial charge >= 0.3 is 6.03 Å². The molecule has 2 N–H and O–H groups in total. The van der Waals surface area contributed by atoms with Gasteiger partial charge in [0.2, 0.25) is 0 Å². The summed E-state index contributed by atoms with van der Waals surface area (Å²) in [6.45, 7) is 2.30. The monoisotopic (exact) mass is 337 g/mol. The molecule has 0 saturated heterocycles. The number of carbonyl (C=O) groups is 1. The lowest BCUT2D eigenvalue weighted by Gasteiger charge is -2.13. The molecule has 0 aliphatic heterocycles. The van der Waals surface area contributed by atoms with Crippen LogP contribution in [0.2, 0.25) is 0 Å². The third-order valence-electron chi connectivity index (χ3n) is 3.60. The second-order valence-electron chi connectivity index (χ2n) is 5.52. The highest BCUT2D eigenvalue weighted by Gasteiger charge is 2.09. The first-order valence-corrected chi connectivity index (χ1v) is 7.83. The zero-order chi connectivity index (χ0) is 17.6. The number of anilines is 1. The van der Waals surface area contributed by atoms with Crippen LogP contribution in [0.25, 0.3) is 0 Å². The number of hydrogen-bond donors (Lipinski definition) is 2. The van der Waals surface area contributed by atoms with E-state index in [-0.39, 0.29) is 12.6 Å². The normalized spacial score (nSPS) is 10.3. The fourth-order valence-electron chi connectivity index (χ4n) is 2.20. The molecule has 7 nitrogen and oxygen atoms in total. The van der Waals surface area contributed by atoms with Crippen molar-refractivity contribution < 1.29 is 9.53 Å². The van der Waals surface area contributed by atoms with E-state index >= 15 is 0 Å². The van der Waals surface area contributed by atoms with Gasteiger partial charge in [-0.25, -0.2) is 9.78 Å². The highest BCUT2D eigenvalue weighted by atomic mass is 16.5. The third-order valence-corrected chi connectivity index (χ3v) is 3.60. The Kier molecular flexibility index (Phi) is 4.94. The van der Waals surface area contributed by atoms with Crippen molar-refractivity contribution in [3.05, 3.63) is 66.2 Å². The second-order valence-corrected chi connectivity index (χ2v) is 5.52. The van der Waals surface area contributed by atoms with Crippen LogP contribution in [0, 0.1) is 6.92 Å². The molecular formula is C18H19N5O2. The van der Waals surface area contributed by atoms with E-state index in [1.165, 1.54) is 6.33 Å². The van der Waals surface area contributed by atoms with Gasteiger partial charge in [-0.3, -0.25) is 4.68 Å². The zero-order valence-electron chi connectivity index (χ0n) is 14.1. The fourth-order valence-corrected chi connectivity index (χ4v) is 2.20. The van der Waals surface area contributed by atoms with Gasteiger partial charge in [0.1, 0.15) is 17.9 Å². The van der Waals surface area contributed by atoms with Crippen molar-refractivity contribution in [3.8, 4) is 11.5 Å². The summed E-state index contributed by atoms with van der Waals surface area (Å²) < 4.78 is 7.47. The summed E-state index contributed by atoms with van der Waals surface area (Å²) in [5, 5.41) is 9.50. The number of nitrogens with zero attached hydrogens (tertiary/aromatic N) is 3. The predicted octanol–water partition coefficient (Wildman–Crippen LogP) is 3.24. The minimum Gasteiger partial charge on any atom is -0.455 e. The van der Waals surface area contributed by atoms with Gasteiger partial charge in [0.25, 0.3) is 0 Å². The van der Waals surface area contributed by atoms with Crippen LogP contribution < -0.4 is 15.4 Å². The molecule has 0 saturated carbocycles. The topological polar surface area (TPSA) is 81.1 Å². The van der Waals surface area contributed by atoms with Crippen LogP contribution >= 0.6 is 0 Å². The highest BCUT2D eigenvalue weighted by Crippen LogP contribution is 2.29. The Bertz CT molecular complexity index is 858. The van der Waals surface area contributed by atoms with E-state index in [0.717, 1.165) is 5.56 Å². The molecular weight excluding hydrogens is 318 g/mol. The summed E-state index contributed by atoms with van der Waals surface area (Å²) in [5.41, 5.74) is 1.74. The summed E-state index contributed by atoms with van der Waals surface area (Å²) in [4.78, 5) is 16.2. The summed E-state index contributed by atoms with van der Waals surface area (Å²) >= 11 is 0. The van der Waals surface area contributed by atoms with E-state index < -0.39 is 0 Å². The molecule has 3 rings (SSSR count). The van der Waals surface area contributed by atoms with Crippen molar-refractivity contribution in [2.45, 2.75) is 13.5 Å². The van der Waals surface area contributed by atoms with Crippen LogP contribution in [0.4, 0.5) is 10.5 Å². The molecule has 0 aliphatic carbocycles. The van der Waals surface area contributed by atoms with E-state index in [0.29, 0.717) is 23.0 Å². The third kappa shape index (κ3) is 4.35. The average molecular weight is 337 g/mol. The molecule has 25 heavy (non-hydrogen) atoms. The molecule has 2 aromatic carbocycles. The lowest BCUT2D eigenvalue weighted by Crippen LogP contribution is -2.29. The molecule has 128 valence electrons. The lowest BCUT2D eigenvalue weighted by molar-refractivity contribution is 0.251. The minimum atomic E-state index is -0.344. The van der Waals surface area contributed by atoms with E-state index in [1.807, 2.05) is 43.3 Å². The maximum Gasteiger partial charge on any atom is 0.319 e. The number of ether oxygens (including phenoxy) is 1. The number of benzene rings is 2. The molecule has 0 fully saturated rings. The van der Waals surface area contributed by atoms with Crippen LogP contribution in [0.3, 0.4) is 0 Å². The number of aryl methyl sites for hydroxylation is 2. The molecule has 0 bridgehead atoms. The summed E-state index contributed by atoms with van der Waals surface area (Å²) in [7, 11) is 1.77. The number of para-hydroxylation sites is 2. The Morgan fingerprint density at radius 1 is 1.16 bits per heavy atom. The van der Waals surface area contributed by atoms with Gasteiger partial charge in [-0.2, -0.15) is 5.10 Å². The van der Waals surface area contributed by atoms with Crippen molar-refractivity contribution in [3.63, 3.8) is 0 Å². The smallest absolute Gasteiger partial charge is 0.319 e. The Morgan fingerprint density at radius 3 is 2.64 bits per heavy atom. The van der Waals surface area contributed by atoms with Crippen molar-refractivity contribution in [2.75, 3.05) is 5.32 Å². The van der Waals surface area contributed by atoms with E-state index in [2.05, 4.69) is 20.7 Å². The van der Waals surface area contributed by atoms with Crippen LogP contribution in [-0.2, 0) is 13.6 Å². The number of urea groups is 1. The maximum atomic E-state index is 12.1. The van der Waals surface area contributed by atoms with Gasteiger partial charge in [-0.05, 0) is 31.2 Å². The second kappa shape index (κ2) is 7.48. The van der Waals surface area contributed by atoms with Crippen LogP contribution in [-0.4, -0.2) is 20.8 Å². The van der Waals surface area contributed by atoms with E-state index in [1.54, 1.807) is 23.9 Å². The number of nitrogens with one attached hydrogen (secondary N) is 2. The van der Waals surface area contributed by atoms with E-state index in [9.17, 15) is 4.79 Å². The van der Waals surface area contributed by atoms with Gasteiger partial charge < -0.3 is 15.4 Å². The maximum absolute atomic E-state index is 12.1. The van der Waals surface area contributed by atoms with Crippen molar-refractivity contribution in [1.82, 2.24) is 20.1 Å². The largest absolute Gasteiger partial charge is 0.455 e. The number of aromatic nitrogens is 3. The lowest BCUT2D eigenvalue weighted by atomic mass is 10.2. The number of rotatable bonds is 5. The Hall–Kier alpha value is -3.35. The van der Waals surface area contributed by atoms with E-state index in [4.69, 9.17) is 4.74 Å². The Morgan fingerprint density at radius 2 is 1.92 bits per heavy atom. The molecule has 0 radical (unpaired) electrons. The van der Waals surface area contributed by atoms with Gasteiger partial charge in [0.05, 0.1) is 12.2 Å². The minimum absolute atomic E-state index is 0.281. The van der Waals surface area contributed by atoms with Crippen LogP contribution in [0.5, 0.6) is 11.5 Å². The first-order chi connectivity index (χ1) is 12.1. The van der Waals surface area contributed by atoms with Crippen molar-refractivity contribution in [2.24, 2.45) is 7.05 Å².